The maximum Gasteiger partial charge on any atom is 0.341 e. The third kappa shape index (κ3) is 5.30. The first-order valence-corrected chi connectivity index (χ1v) is 10.3. The summed E-state index contributed by atoms with van der Waals surface area (Å²) in [5.74, 6) is -1.55. The van der Waals surface area contributed by atoms with Crippen molar-refractivity contribution in [2.24, 2.45) is 0 Å². The molecule has 2 rings (SSSR count). The van der Waals surface area contributed by atoms with Crippen LogP contribution in [0.15, 0.2) is 29.2 Å². The van der Waals surface area contributed by atoms with Gasteiger partial charge in [-0.25, -0.2) is 17.9 Å². The molecule has 0 bridgehead atoms. The normalized spacial score (nSPS) is 11.2. The first-order valence-electron chi connectivity index (χ1n) is 8.83. The highest BCUT2D eigenvalue weighted by Gasteiger charge is 2.30. The first kappa shape index (κ1) is 22.3. The molecule has 2 aromatic rings. The average Bonchev–Trinajstić information content (AvgIpc) is 2.95. The molecule has 156 valence electrons. The van der Waals surface area contributed by atoms with Crippen LogP contribution in [0.2, 0.25) is 0 Å². The zero-order chi connectivity index (χ0) is 21.8. The second-order valence-electron chi connectivity index (χ2n) is 6.31. The number of nitrogens with one attached hydrogen (secondary N) is 3. The Kier molecular flexibility index (Phi) is 6.93. The third-order valence-electron chi connectivity index (χ3n) is 4.04. The molecule has 0 radical (unpaired) electrons. The topological polar surface area (TPSA) is 134 Å². The molecule has 0 aliphatic rings. The molecule has 0 aliphatic carbocycles. The number of aromatic amines is 1. The fourth-order valence-corrected chi connectivity index (χ4v) is 4.22. The lowest BCUT2D eigenvalue weighted by molar-refractivity contribution is -0.115. The smallest absolute Gasteiger partial charge is 0.341 e. The molecule has 0 unspecified atom stereocenters. The summed E-state index contributed by atoms with van der Waals surface area (Å²) < 4.78 is 32.6. The number of benzene rings is 1. The monoisotopic (exact) mass is 421 g/mol. The molecule has 0 aliphatic heterocycles. The van der Waals surface area contributed by atoms with Gasteiger partial charge in [0, 0.05) is 22.6 Å². The summed E-state index contributed by atoms with van der Waals surface area (Å²) in [7, 11) is -4.17. The molecule has 0 atom stereocenters. The molecule has 0 fully saturated rings. The standard InChI is InChI=1S/C19H23N3O6S/c1-5-28-19(25)17-11(2)21-12(3)18(17)29(26,27)20-10-16(24)22-15-8-6-7-14(9-15)13(4)23/h6-9,20-21H,5,10H2,1-4H3,(H,22,24). The molecule has 0 spiro atoms. The molecular formula is C19H23N3O6S. The van der Waals surface area contributed by atoms with Gasteiger partial charge in [-0.3, -0.25) is 9.59 Å². The Morgan fingerprint density at radius 1 is 1.14 bits per heavy atom. The van der Waals surface area contributed by atoms with Crippen molar-refractivity contribution < 1.29 is 27.5 Å². The van der Waals surface area contributed by atoms with Crippen LogP contribution >= 0.6 is 0 Å². The zero-order valence-electron chi connectivity index (χ0n) is 16.6. The van der Waals surface area contributed by atoms with Crippen molar-refractivity contribution in [3.8, 4) is 0 Å². The van der Waals surface area contributed by atoms with Crippen molar-refractivity contribution in [1.82, 2.24) is 9.71 Å². The van der Waals surface area contributed by atoms with Gasteiger partial charge in [0.05, 0.1) is 13.2 Å². The van der Waals surface area contributed by atoms with E-state index in [9.17, 15) is 22.8 Å². The number of sulfonamides is 1. The zero-order valence-corrected chi connectivity index (χ0v) is 17.4. The van der Waals surface area contributed by atoms with Gasteiger partial charge in [0.2, 0.25) is 15.9 Å². The number of hydrogen-bond acceptors (Lipinski definition) is 6. The van der Waals surface area contributed by atoms with Gasteiger partial charge in [0.15, 0.2) is 5.78 Å². The molecule has 0 saturated carbocycles. The molecular weight excluding hydrogens is 398 g/mol. The maximum absolute atomic E-state index is 12.7. The number of ether oxygens (including phenoxy) is 1. The number of amides is 1. The van der Waals surface area contributed by atoms with E-state index in [0.717, 1.165) is 0 Å². The Morgan fingerprint density at radius 3 is 2.45 bits per heavy atom. The first-order chi connectivity index (χ1) is 13.6. The largest absolute Gasteiger partial charge is 0.462 e. The van der Waals surface area contributed by atoms with Crippen LogP contribution in [0.1, 0.15) is 46.0 Å². The maximum atomic E-state index is 12.7. The number of H-pyrrole nitrogens is 1. The fraction of sp³-hybridized carbons (Fsp3) is 0.316. The lowest BCUT2D eigenvalue weighted by atomic mass is 10.1. The number of ketones is 1. The highest BCUT2D eigenvalue weighted by atomic mass is 32.2. The summed E-state index contributed by atoms with van der Waals surface area (Å²) in [5.41, 5.74) is 1.30. The van der Waals surface area contributed by atoms with Crippen LogP contribution in [0.4, 0.5) is 5.69 Å². The number of esters is 1. The SMILES string of the molecule is CCOC(=O)c1c(C)[nH]c(C)c1S(=O)(=O)NCC(=O)Nc1cccc(C(C)=O)c1. The van der Waals surface area contributed by atoms with E-state index in [0.29, 0.717) is 16.9 Å². The van der Waals surface area contributed by atoms with E-state index in [2.05, 4.69) is 15.0 Å². The minimum absolute atomic E-state index is 0.0913. The minimum atomic E-state index is -4.17. The van der Waals surface area contributed by atoms with Crippen molar-refractivity contribution >= 4 is 33.4 Å². The molecule has 1 heterocycles. The third-order valence-corrected chi connectivity index (χ3v) is 5.61. The Bertz CT molecular complexity index is 1060. The number of Topliss-reactive ketones (excluding diaryl/α,β-unsaturated/α-hetero) is 1. The van der Waals surface area contributed by atoms with E-state index < -0.39 is 28.4 Å². The Morgan fingerprint density at radius 2 is 1.83 bits per heavy atom. The van der Waals surface area contributed by atoms with Crippen LogP contribution in [0.25, 0.3) is 0 Å². The van der Waals surface area contributed by atoms with Crippen LogP contribution in [0, 0.1) is 13.8 Å². The van der Waals surface area contributed by atoms with Crippen molar-refractivity contribution in [2.75, 3.05) is 18.5 Å². The van der Waals surface area contributed by atoms with E-state index in [1.807, 2.05) is 0 Å². The van der Waals surface area contributed by atoms with Crippen LogP contribution in [-0.2, 0) is 19.6 Å². The van der Waals surface area contributed by atoms with Gasteiger partial charge in [0.1, 0.15) is 10.5 Å². The van der Waals surface area contributed by atoms with E-state index in [4.69, 9.17) is 4.74 Å². The molecule has 1 amide bonds. The molecule has 0 saturated heterocycles. The lowest BCUT2D eigenvalue weighted by Gasteiger charge is -2.10. The van der Waals surface area contributed by atoms with E-state index in [1.54, 1.807) is 32.0 Å². The van der Waals surface area contributed by atoms with E-state index >= 15 is 0 Å². The van der Waals surface area contributed by atoms with E-state index in [-0.39, 0.29) is 28.5 Å². The Hall–Kier alpha value is -2.98. The van der Waals surface area contributed by atoms with Gasteiger partial charge in [-0.1, -0.05) is 12.1 Å². The number of carbonyl (C=O) groups excluding carboxylic acids is 3. The van der Waals surface area contributed by atoms with Crippen molar-refractivity contribution in [2.45, 2.75) is 32.6 Å². The van der Waals surface area contributed by atoms with Crippen LogP contribution in [0.3, 0.4) is 0 Å². The predicted octanol–water partition coefficient (Wildman–Crippen LogP) is 1.93. The Balaban J connectivity index is 2.16. The minimum Gasteiger partial charge on any atom is -0.462 e. The molecule has 3 N–H and O–H groups in total. The van der Waals surface area contributed by atoms with E-state index in [1.165, 1.54) is 19.9 Å². The number of rotatable bonds is 8. The van der Waals surface area contributed by atoms with Crippen LogP contribution in [0.5, 0.6) is 0 Å². The van der Waals surface area contributed by atoms with Crippen LogP contribution in [-0.4, -0.2) is 44.2 Å². The number of carbonyl (C=O) groups is 3. The summed E-state index contributed by atoms with van der Waals surface area (Å²) in [6.45, 7) is 5.63. The van der Waals surface area contributed by atoms with Crippen molar-refractivity contribution in [3.05, 3.63) is 46.8 Å². The molecule has 10 heteroatoms. The summed E-state index contributed by atoms with van der Waals surface area (Å²) in [4.78, 5) is 38.3. The summed E-state index contributed by atoms with van der Waals surface area (Å²) in [6, 6.07) is 6.29. The summed E-state index contributed by atoms with van der Waals surface area (Å²) in [6.07, 6.45) is 0. The average molecular weight is 421 g/mol. The second kappa shape index (κ2) is 9.01. The number of aryl methyl sites for hydroxylation is 2. The molecule has 9 nitrogen and oxygen atoms in total. The van der Waals surface area contributed by atoms with Gasteiger partial charge in [0.25, 0.3) is 0 Å². The highest BCUT2D eigenvalue weighted by Crippen LogP contribution is 2.24. The predicted molar refractivity (Wildman–Crippen MR) is 106 cm³/mol. The van der Waals surface area contributed by atoms with Gasteiger partial charge in [-0.15, -0.1) is 0 Å². The summed E-state index contributed by atoms with van der Waals surface area (Å²) >= 11 is 0. The molecule has 29 heavy (non-hydrogen) atoms. The van der Waals surface area contributed by atoms with Crippen LogP contribution < -0.4 is 10.0 Å². The van der Waals surface area contributed by atoms with Gasteiger partial charge >= 0.3 is 5.97 Å². The molecule has 1 aromatic heterocycles. The highest BCUT2D eigenvalue weighted by molar-refractivity contribution is 7.89. The number of aromatic nitrogens is 1. The van der Waals surface area contributed by atoms with Crippen molar-refractivity contribution in [3.63, 3.8) is 0 Å². The molecule has 1 aromatic carbocycles. The van der Waals surface area contributed by atoms with Gasteiger partial charge in [-0.2, -0.15) is 0 Å². The summed E-state index contributed by atoms with van der Waals surface area (Å²) in [5, 5.41) is 2.52. The van der Waals surface area contributed by atoms with Gasteiger partial charge < -0.3 is 15.0 Å². The van der Waals surface area contributed by atoms with Gasteiger partial charge in [-0.05, 0) is 39.8 Å². The number of anilines is 1. The second-order valence-corrected chi connectivity index (χ2v) is 8.01. The fourth-order valence-electron chi connectivity index (χ4n) is 2.80. The van der Waals surface area contributed by atoms with Crippen molar-refractivity contribution in [1.29, 1.82) is 0 Å². The number of hydrogen-bond donors (Lipinski definition) is 3. The Labute approximate surface area is 168 Å². The lowest BCUT2D eigenvalue weighted by Crippen LogP contribution is -2.33. The quantitative estimate of drug-likeness (QED) is 0.440.